The number of aromatic nitrogens is 2. The molecule has 0 fully saturated rings. The van der Waals surface area contributed by atoms with E-state index in [0.29, 0.717) is 6.61 Å². The normalized spacial score (nSPS) is 10.9. The van der Waals surface area contributed by atoms with E-state index in [2.05, 4.69) is 22.1 Å². The Hall–Kier alpha value is -2.94. The molecular weight excluding hydrogens is 272 g/mol. The van der Waals surface area contributed by atoms with Crippen LogP contribution in [-0.4, -0.2) is 9.97 Å². The summed E-state index contributed by atoms with van der Waals surface area (Å²) < 4.78 is 5.93. The summed E-state index contributed by atoms with van der Waals surface area (Å²) in [4.78, 5) is 9.02. The molecule has 2 aromatic heterocycles. The fourth-order valence-electron chi connectivity index (χ4n) is 2.53. The third-order valence-corrected chi connectivity index (χ3v) is 3.63. The molecule has 3 nitrogen and oxygen atoms in total. The van der Waals surface area contributed by atoms with Gasteiger partial charge in [-0.05, 0) is 24.3 Å². The Balaban J connectivity index is 1.63. The lowest BCUT2D eigenvalue weighted by Gasteiger charge is -2.08. The van der Waals surface area contributed by atoms with E-state index in [4.69, 9.17) is 4.74 Å². The maximum absolute atomic E-state index is 5.93. The van der Waals surface area contributed by atoms with Crippen molar-refractivity contribution < 1.29 is 4.74 Å². The number of benzene rings is 2. The van der Waals surface area contributed by atoms with Crippen molar-refractivity contribution in [1.82, 2.24) is 9.97 Å². The quantitative estimate of drug-likeness (QED) is 0.561. The maximum Gasteiger partial charge on any atom is 0.146 e. The fourth-order valence-corrected chi connectivity index (χ4v) is 2.53. The van der Waals surface area contributed by atoms with Crippen molar-refractivity contribution in [1.29, 1.82) is 0 Å². The smallest absolute Gasteiger partial charge is 0.146 e. The summed E-state index contributed by atoms with van der Waals surface area (Å²) in [6.45, 7) is 0.431. The van der Waals surface area contributed by atoms with Crippen molar-refractivity contribution in [3.63, 3.8) is 0 Å². The molecule has 0 unspecified atom stereocenters. The van der Waals surface area contributed by atoms with Crippen molar-refractivity contribution in [3.8, 4) is 5.75 Å². The van der Waals surface area contributed by atoms with E-state index in [1.54, 1.807) is 6.20 Å². The van der Waals surface area contributed by atoms with Gasteiger partial charge in [0.15, 0.2) is 0 Å². The van der Waals surface area contributed by atoms with E-state index < -0.39 is 0 Å². The van der Waals surface area contributed by atoms with Crippen molar-refractivity contribution in [2.24, 2.45) is 0 Å². The molecule has 106 valence electrons. The summed E-state index contributed by atoms with van der Waals surface area (Å²) in [6, 6.07) is 22.1. The largest absolute Gasteiger partial charge is 0.485 e. The predicted molar refractivity (Wildman–Crippen MR) is 87.8 cm³/mol. The minimum atomic E-state index is 0.431. The summed E-state index contributed by atoms with van der Waals surface area (Å²) in [6.07, 6.45) is 1.78. The fraction of sp³-hybridized carbons (Fsp3) is 0.0526. The van der Waals surface area contributed by atoms with Crippen LogP contribution in [0.3, 0.4) is 0 Å². The summed E-state index contributed by atoms with van der Waals surface area (Å²) in [5.74, 6) is 0.785. The Morgan fingerprint density at radius 3 is 2.64 bits per heavy atom. The van der Waals surface area contributed by atoms with Crippen LogP contribution in [0.5, 0.6) is 5.75 Å². The van der Waals surface area contributed by atoms with Crippen LogP contribution in [0.15, 0.2) is 72.9 Å². The number of para-hydroxylation sites is 2. The third-order valence-electron chi connectivity index (χ3n) is 3.63. The molecule has 0 bridgehead atoms. The number of hydrogen-bond donors (Lipinski definition) is 0. The molecule has 0 amide bonds. The Morgan fingerprint density at radius 2 is 1.64 bits per heavy atom. The van der Waals surface area contributed by atoms with Crippen molar-refractivity contribution in [3.05, 3.63) is 78.6 Å². The van der Waals surface area contributed by atoms with Gasteiger partial charge in [0, 0.05) is 17.0 Å². The number of hydrogen-bond acceptors (Lipinski definition) is 3. The standard InChI is InChI=1S/C19H14N2O/c1-2-8-17-14(5-1)10-11-16(21-17)13-22-18-9-3-6-15-7-4-12-20-19(15)18/h1-12H,13H2. The Kier molecular flexibility index (Phi) is 3.16. The van der Waals surface area contributed by atoms with E-state index in [1.807, 2.05) is 54.6 Å². The molecule has 4 aromatic rings. The van der Waals surface area contributed by atoms with Crippen LogP contribution in [0.4, 0.5) is 0 Å². The Labute approximate surface area is 128 Å². The molecule has 0 saturated heterocycles. The molecule has 3 heteroatoms. The first-order valence-electron chi connectivity index (χ1n) is 7.21. The zero-order valence-electron chi connectivity index (χ0n) is 11.9. The average molecular weight is 286 g/mol. The summed E-state index contributed by atoms with van der Waals surface area (Å²) >= 11 is 0. The van der Waals surface area contributed by atoms with Gasteiger partial charge in [-0.3, -0.25) is 4.98 Å². The number of fused-ring (bicyclic) bond motifs is 2. The molecular formula is C19H14N2O. The average Bonchev–Trinajstić information content (AvgIpc) is 2.60. The molecule has 0 spiro atoms. The molecule has 2 aromatic carbocycles. The second-order valence-corrected chi connectivity index (χ2v) is 5.12. The zero-order valence-corrected chi connectivity index (χ0v) is 11.9. The van der Waals surface area contributed by atoms with Gasteiger partial charge in [-0.25, -0.2) is 4.98 Å². The minimum absolute atomic E-state index is 0.431. The predicted octanol–water partition coefficient (Wildman–Crippen LogP) is 4.36. The van der Waals surface area contributed by atoms with Crippen LogP contribution >= 0.6 is 0 Å². The highest BCUT2D eigenvalue weighted by Gasteiger charge is 2.04. The van der Waals surface area contributed by atoms with Crippen molar-refractivity contribution in [2.75, 3.05) is 0 Å². The lowest BCUT2D eigenvalue weighted by Crippen LogP contribution is -1.99. The third kappa shape index (κ3) is 2.37. The van der Waals surface area contributed by atoms with Crippen LogP contribution in [-0.2, 0) is 6.61 Å². The topological polar surface area (TPSA) is 35.0 Å². The highest BCUT2D eigenvalue weighted by atomic mass is 16.5. The number of nitrogens with zero attached hydrogens (tertiary/aromatic N) is 2. The van der Waals surface area contributed by atoms with E-state index in [9.17, 15) is 0 Å². The maximum atomic E-state index is 5.93. The molecule has 0 saturated carbocycles. The molecule has 4 rings (SSSR count). The lowest BCUT2D eigenvalue weighted by molar-refractivity contribution is 0.305. The van der Waals surface area contributed by atoms with Gasteiger partial charge in [-0.1, -0.05) is 42.5 Å². The van der Waals surface area contributed by atoms with Gasteiger partial charge in [-0.2, -0.15) is 0 Å². The highest BCUT2D eigenvalue weighted by molar-refractivity contribution is 5.84. The first kappa shape index (κ1) is 12.8. The molecule has 0 N–H and O–H groups in total. The van der Waals surface area contributed by atoms with Crippen LogP contribution in [0, 0.1) is 0 Å². The second kappa shape index (κ2) is 5.45. The lowest BCUT2D eigenvalue weighted by atomic mass is 10.2. The second-order valence-electron chi connectivity index (χ2n) is 5.12. The SMILES string of the molecule is c1ccc2nc(COc3cccc4cccnc34)ccc2c1. The molecule has 0 radical (unpaired) electrons. The summed E-state index contributed by atoms with van der Waals surface area (Å²) in [5.41, 5.74) is 2.78. The molecule has 0 aliphatic carbocycles. The summed E-state index contributed by atoms with van der Waals surface area (Å²) in [5, 5.41) is 2.21. The van der Waals surface area contributed by atoms with E-state index in [0.717, 1.165) is 33.2 Å². The number of ether oxygens (including phenoxy) is 1. The summed E-state index contributed by atoms with van der Waals surface area (Å²) in [7, 11) is 0. The molecule has 0 aliphatic rings. The van der Waals surface area contributed by atoms with Crippen LogP contribution in [0.25, 0.3) is 21.8 Å². The van der Waals surface area contributed by atoms with Crippen molar-refractivity contribution in [2.45, 2.75) is 6.61 Å². The van der Waals surface area contributed by atoms with E-state index in [1.165, 1.54) is 0 Å². The Morgan fingerprint density at radius 1 is 0.773 bits per heavy atom. The van der Waals surface area contributed by atoms with Crippen LogP contribution in [0.2, 0.25) is 0 Å². The van der Waals surface area contributed by atoms with Gasteiger partial charge >= 0.3 is 0 Å². The molecule has 0 atom stereocenters. The molecule has 2 heterocycles. The van der Waals surface area contributed by atoms with Gasteiger partial charge in [0.05, 0.1) is 11.2 Å². The van der Waals surface area contributed by atoms with Crippen LogP contribution in [0.1, 0.15) is 5.69 Å². The Bertz CT molecular complexity index is 944. The monoisotopic (exact) mass is 286 g/mol. The minimum Gasteiger partial charge on any atom is -0.485 e. The van der Waals surface area contributed by atoms with E-state index >= 15 is 0 Å². The number of pyridine rings is 2. The van der Waals surface area contributed by atoms with Gasteiger partial charge in [0.2, 0.25) is 0 Å². The zero-order chi connectivity index (χ0) is 14.8. The molecule has 0 aliphatic heterocycles. The van der Waals surface area contributed by atoms with Gasteiger partial charge in [-0.15, -0.1) is 0 Å². The number of rotatable bonds is 3. The first-order valence-corrected chi connectivity index (χ1v) is 7.21. The first-order chi connectivity index (χ1) is 10.9. The van der Waals surface area contributed by atoms with Gasteiger partial charge in [0.1, 0.15) is 17.9 Å². The van der Waals surface area contributed by atoms with E-state index in [-0.39, 0.29) is 0 Å². The van der Waals surface area contributed by atoms with Crippen molar-refractivity contribution >= 4 is 21.8 Å². The van der Waals surface area contributed by atoms with Gasteiger partial charge in [0.25, 0.3) is 0 Å². The highest BCUT2D eigenvalue weighted by Crippen LogP contribution is 2.24. The van der Waals surface area contributed by atoms with Gasteiger partial charge < -0.3 is 4.74 Å². The van der Waals surface area contributed by atoms with Crippen LogP contribution < -0.4 is 4.74 Å². The molecule has 22 heavy (non-hydrogen) atoms.